The first kappa shape index (κ1) is 23.1. The first-order valence-corrected chi connectivity index (χ1v) is 10.4. The van der Waals surface area contributed by atoms with Crippen molar-refractivity contribution >= 4 is 46.5 Å². The Bertz CT molecular complexity index is 1140. The minimum Gasteiger partial charge on any atom is -0.497 e. The average molecular weight is 546 g/mol. The van der Waals surface area contributed by atoms with Crippen molar-refractivity contribution < 1.29 is 24.2 Å². The topological polar surface area (TPSA) is 122 Å². The molecule has 1 heterocycles. The molecule has 3 rings (SSSR count). The number of carboxylic acid groups (broad SMARTS) is 1. The summed E-state index contributed by atoms with van der Waals surface area (Å²) < 4.78 is 6.68. The average Bonchev–Trinajstić information content (AvgIpc) is 2.79. The van der Waals surface area contributed by atoms with Gasteiger partial charge >= 0.3 is 5.97 Å². The Labute approximate surface area is 197 Å². The molecular formula is C22H19IN4O5. The van der Waals surface area contributed by atoms with Crippen molar-refractivity contribution in [2.24, 2.45) is 0 Å². The third kappa shape index (κ3) is 6.23. The Balaban J connectivity index is 1.62. The fourth-order valence-corrected chi connectivity index (χ4v) is 3.45. The van der Waals surface area contributed by atoms with E-state index in [1.165, 1.54) is 27.6 Å². The molecule has 0 aliphatic heterocycles. The number of nitrogens with one attached hydrogen (secondary N) is 1. The second kappa shape index (κ2) is 10.7. The molecule has 0 fully saturated rings. The first-order valence-electron chi connectivity index (χ1n) is 9.40. The van der Waals surface area contributed by atoms with Crippen LogP contribution >= 0.6 is 22.9 Å². The zero-order valence-corrected chi connectivity index (χ0v) is 19.1. The maximum absolute atomic E-state index is 12.8. The normalized spacial score (nSPS) is 10.3. The fraction of sp³-hybridized carbons (Fsp3) is 0.136. The molecule has 2 amide bonds. The van der Waals surface area contributed by atoms with E-state index in [4.69, 9.17) is 9.84 Å². The molecule has 0 aliphatic rings. The molecule has 0 aliphatic carbocycles. The van der Waals surface area contributed by atoms with Crippen LogP contribution in [0.15, 0.2) is 60.9 Å². The highest BCUT2D eigenvalue weighted by atomic mass is 127. The van der Waals surface area contributed by atoms with Gasteiger partial charge in [0, 0.05) is 6.07 Å². The molecular weight excluding hydrogens is 527 g/mol. The Morgan fingerprint density at radius 3 is 2.50 bits per heavy atom. The molecule has 9 nitrogen and oxygen atoms in total. The molecule has 0 bridgehead atoms. The zero-order valence-electron chi connectivity index (χ0n) is 17.0. The van der Waals surface area contributed by atoms with Gasteiger partial charge in [0.05, 0.1) is 48.5 Å². The summed E-state index contributed by atoms with van der Waals surface area (Å²) >= 11 is 1.91. The van der Waals surface area contributed by atoms with Crippen molar-refractivity contribution in [2.75, 3.05) is 12.4 Å². The number of rotatable bonds is 8. The minimum absolute atomic E-state index is 0.0292. The van der Waals surface area contributed by atoms with Crippen molar-refractivity contribution in [3.8, 4) is 5.75 Å². The number of nitrogens with zero attached hydrogens (tertiary/aromatic N) is 3. The summed E-state index contributed by atoms with van der Waals surface area (Å²) in [6.45, 7) is 0.342. The second-order valence-corrected chi connectivity index (χ2v) is 7.86. The summed E-state index contributed by atoms with van der Waals surface area (Å²) in [6, 6.07) is 14.8. The molecule has 0 spiro atoms. The number of hydrogen-bond donors (Lipinski definition) is 2. The lowest BCUT2D eigenvalue weighted by Gasteiger charge is -2.15. The van der Waals surface area contributed by atoms with Crippen molar-refractivity contribution in [3.05, 3.63) is 83.3 Å². The molecule has 10 heteroatoms. The molecule has 32 heavy (non-hydrogen) atoms. The summed E-state index contributed by atoms with van der Waals surface area (Å²) in [4.78, 5) is 44.0. The van der Waals surface area contributed by atoms with Gasteiger partial charge in [0.1, 0.15) is 23.6 Å². The molecule has 0 saturated carbocycles. The van der Waals surface area contributed by atoms with Gasteiger partial charge in [-0.1, -0.05) is 24.3 Å². The molecule has 0 atom stereocenters. The van der Waals surface area contributed by atoms with E-state index < -0.39 is 5.97 Å². The third-order valence-corrected chi connectivity index (χ3v) is 5.17. The number of halogens is 1. The monoisotopic (exact) mass is 546 g/mol. The van der Waals surface area contributed by atoms with Crippen molar-refractivity contribution in [1.29, 1.82) is 0 Å². The van der Waals surface area contributed by atoms with Gasteiger partial charge in [-0.2, -0.15) is 0 Å². The molecule has 2 aromatic carbocycles. The molecule has 164 valence electrons. The number of benzene rings is 2. The van der Waals surface area contributed by atoms with E-state index in [9.17, 15) is 14.4 Å². The van der Waals surface area contributed by atoms with Gasteiger partial charge in [-0.15, -0.1) is 0 Å². The van der Waals surface area contributed by atoms with E-state index in [1.54, 1.807) is 19.2 Å². The Hall–Kier alpha value is -3.54. The summed E-state index contributed by atoms with van der Waals surface area (Å²) in [5.74, 6) is -0.829. The molecule has 0 unspecified atom stereocenters. The quantitative estimate of drug-likeness (QED) is 0.328. The van der Waals surface area contributed by atoms with Crippen LogP contribution in [0, 0.1) is 0 Å². The van der Waals surface area contributed by atoms with Gasteiger partial charge < -0.3 is 15.2 Å². The van der Waals surface area contributed by atoms with E-state index in [-0.39, 0.29) is 35.3 Å². The number of amides is 2. The predicted octanol–water partition coefficient (Wildman–Crippen LogP) is 3.36. The van der Waals surface area contributed by atoms with Crippen LogP contribution in [0.1, 0.15) is 32.0 Å². The van der Waals surface area contributed by atoms with Crippen LogP contribution < -0.4 is 10.1 Å². The van der Waals surface area contributed by atoms with E-state index in [0.29, 0.717) is 17.9 Å². The number of ether oxygens (including phenoxy) is 1. The van der Waals surface area contributed by atoms with E-state index in [0.717, 1.165) is 5.56 Å². The summed E-state index contributed by atoms with van der Waals surface area (Å²) in [5.41, 5.74) is 1.82. The summed E-state index contributed by atoms with van der Waals surface area (Å²) in [6.07, 6.45) is 1.24. The number of carbonyl (C=O) groups is 3. The number of aromatic carboxylic acids is 1. The largest absolute Gasteiger partial charge is 0.497 e. The van der Waals surface area contributed by atoms with Gasteiger partial charge in [0.15, 0.2) is 0 Å². The van der Waals surface area contributed by atoms with Crippen LogP contribution in [-0.4, -0.2) is 43.1 Å². The van der Waals surface area contributed by atoms with E-state index in [1.807, 2.05) is 47.1 Å². The molecule has 2 N–H and O–H groups in total. The van der Waals surface area contributed by atoms with Gasteiger partial charge in [-0.25, -0.2) is 14.8 Å². The Morgan fingerprint density at radius 2 is 1.81 bits per heavy atom. The lowest BCUT2D eigenvalue weighted by molar-refractivity contribution is -0.115. The van der Waals surface area contributed by atoms with Crippen molar-refractivity contribution in [2.45, 2.75) is 13.0 Å². The predicted molar refractivity (Wildman–Crippen MR) is 125 cm³/mol. The van der Waals surface area contributed by atoms with Crippen molar-refractivity contribution in [1.82, 2.24) is 13.1 Å². The summed E-state index contributed by atoms with van der Waals surface area (Å²) in [5, 5.41) is 11.6. The third-order valence-electron chi connectivity index (χ3n) is 4.40. The van der Waals surface area contributed by atoms with Crippen LogP contribution in [0.2, 0.25) is 0 Å². The van der Waals surface area contributed by atoms with E-state index >= 15 is 0 Å². The van der Waals surface area contributed by atoms with Crippen molar-refractivity contribution in [3.63, 3.8) is 0 Å². The lowest BCUT2D eigenvalue weighted by Crippen LogP contribution is -2.22. The highest BCUT2D eigenvalue weighted by molar-refractivity contribution is 14.1. The van der Waals surface area contributed by atoms with Crippen LogP contribution in [-0.2, 0) is 17.8 Å². The number of anilines is 1. The number of carbonyl (C=O) groups excluding carboxylic acids is 2. The minimum atomic E-state index is -1.03. The van der Waals surface area contributed by atoms with Gasteiger partial charge in [0.2, 0.25) is 5.91 Å². The molecule has 1 aromatic heterocycles. The highest BCUT2D eigenvalue weighted by Gasteiger charge is 2.17. The smallest absolute Gasteiger partial charge is 0.335 e. The van der Waals surface area contributed by atoms with Gasteiger partial charge in [-0.05, 0) is 35.4 Å². The highest BCUT2D eigenvalue weighted by Crippen LogP contribution is 2.18. The molecule has 3 aromatic rings. The summed E-state index contributed by atoms with van der Waals surface area (Å²) in [7, 11) is 1.58. The van der Waals surface area contributed by atoms with Gasteiger partial charge in [-0.3, -0.25) is 12.7 Å². The maximum Gasteiger partial charge on any atom is 0.335 e. The van der Waals surface area contributed by atoms with Crippen LogP contribution in [0.25, 0.3) is 0 Å². The number of carboxylic acids is 1. The lowest BCUT2D eigenvalue weighted by atomic mass is 10.1. The molecule has 0 saturated heterocycles. The van der Waals surface area contributed by atoms with Gasteiger partial charge in [0.25, 0.3) is 5.91 Å². The van der Waals surface area contributed by atoms with Crippen LogP contribution in [0.5, 0.6) is 5.75 Å². The Kier molecular flexibility index (Phi) is 7.71. The van der Waals surface area contributed by atoms with Crippen LogP contribution in [0.3, 0.4) is 0 Å². The number of methoxy groups -OCH3 is 1. The van der Waals surface area contributed by atoms with Crippen LogP contribution in [0.4, 0.5) is 5.82 Å². The number of hydrogen-bond acceptors (Lipinski definition) is 6. The Morgan fingerprint density at radius 1 is 1.06 bits per heavy atom. The fourth-order valence-electron chi connectivity index (χ4n) is 2.81. The molecule has 0 radical (unpaired) electrons. The SMILES string of the molecule is COc1cccc(CN(I)C(=O)c2cc(NC(=O)Cc3ccc(C(=O)O)cc3)ncn2)c1. The number of aromatic nitrogens is 2. The zero-order chi connectivity index (χ0) is 23.1. The standard InChI is InChI=1S/C22H19IN4O5/c1-32-17-4-2-3-15(9-17)12-27(23)21(29)18-11-19(25-13-24-18)26-20(28)10-14-5-7-16(8-6-14)22(30)31/h2-9,11,13H,10,12H2,1H3,(H,30,31)(H,24,25,26,28). The second-order valence-electron chi connectivity index (χ2n) is 6.69. The first-order chi connectivity index (χ1) is 15.4. The van der Waals surface area contributed by atoms with E-state index in [2.05, 4.69) is 15.3 Å². The maximum atomic E-state index is 12.8.